The first-order valence-corrected chi connectivity index (χ1v) is 19.6. The molecule has 0 saturated carbocycles. The minimum atomic E-state index is -1.34. The number of hydrogen-bond acceptors (Lipinski definition) is 10. The van der Waals surface area contributed by atoms with E-state index in [2.05, 4.69) is 16.0 Å². The molecule has 0 aromatic heterocycles. The van der Waals surface area contributed by atoms with Gasteiger partial charge in [-0.05, 0) is 71.2 Å². The number of carbonyl (C=O) groups is 6. The Bertz CT molecular complexity index is 1600. The van der Waals surface area contributed by atoms with Gasteiger partial charge in [-0.2, -0.15) is 0 Å². The summed E-state index contributed by atoms with van der Waals surface area (Å²) in [7, 11) is 0.179. The van der Waals surface area contributed by atoms with Gasteiger partial charge in [0.25, 0.3) is 0 Å². The molecule has 4 amide bonds. The monoisotopic (exact) mass is 772 g/mol. The van der Waals surface area contributed by atoms with Crippen LogP contribution in [0.4, 0.5) is 4.79 Å². The lowest BCUT2D eigenvalue weighted by Gasteiger charge is -2.28. The smallest absolute Gasteiger partial charge is 0.408 e. The molecule has 2 aromatic rings. The number of hydrogen-bond donors (Lipinski definition) is 3. The molecule has 2 rings (SSSR count). The lowest BCUT2D eigenvalue weighted by atomic mass is 10.0. The number of alkyl carbamates (subject to hydrolysis) is 1. The van der Waals surface area contributed by atoms with E-state index in [1.54, 1.807) is 97.0 Å². The van der Waals surface area contributed by atoms with Crippen LogP contribution in [0.15, 0.2) is 54.6 Å². The molecule has 0 bridgehead atoms. The van der Waals surface area contributed by atoms with E-state index in [0.29, 0.717) is 11.3 Å². The first-order chi connectivity index (χ1) is 25.1. The highest BCUT2D eigenvalue weighted by Crippen LogP contribution is 2.16. The van der Waals surface area contributed by atoms with E-state index in [9.17, 15) is 33.0 Å². The van der Waals surface area contributed by atoms with Crippen LogP contribution in [0.1, 0.15) is 78.9 Å². The summed E-state index contributed by atoms with van der Waals surface area (Å²) < 4.78 is 28.2. The van der Waals surface area contributed by atoms with Gasteiger partial charge < -0.3 is 35.1 Å². The van der Waals surface area contributed by atoms with E-state index >= 15 is 0 Å². The van der Waals surface area contributed by atoms with E-state index in [0.717, 1.165) is 5.56 Å². The van der Waals surface area contributed by atoms with Crippen LogP contribution in [0.25, 0.3) is 0 Å². The summed E-state index contributed by atoms with van der Waals surface area (Å²) in [5.74, 6) is -2.45. The summed E-state index contributed by atoms with van der Waals surface area (Å²) >= 11 is 0. The van der Waals surface area contributed by atoms with E-state index in [1.165, 1.54) is 18.2 Å². The highest BCUT2D eigenvalue weighted by Gasteiger charge is 2.32. The van der Waals surface area contributed by atoms with Crippen molar-refractivity contribution < 1.29 is 47.2 Å². The maximum absolute atomic E-state index is 14.0. The molecule has 14 nitrogen and oxygen atoms in total. The van der Waals surface area contributed by atoms with Crippen LogP contribution in [-0.4, -0.2) is 99.8 Å². The van der Waals surface area contributed by atoms with Crippen molar-refractivity contribution in [2.75, 3.05) is 25.6 Å². The lowest BCUT2D eigenvalue weighted by molar-refractivity contribution is -0.155. The third-order valence-corrected chi connectivity index (χ3v) is 8.37. The van der Waals surface area contributed by atoms with Crippen LogP contribution in [0.2, 0.25) is 0 Å². The number of likely N-dealkylation sites (N-methyl/N-ethyl adjacent to an activating group) is 1. The molecule has 0 aliphatic rings. The molecule has 0 aliphatic carbocycles. The number of nitrogens with zero attached hydrogens (tertiary/aromatic N) is 1. The molecule has 3 N–H and O–H groups in total. The fourth-order valence-corrected chi connectivity index (χ4v) is 5.53. The van der Waals surface area contributed by atoms with Crippen LogP contribution in [0, 0.1) is 0 Å². The van der Waals surface area contributed by atoms with Gasteiger partial charge in [-0.15, -0.1) is 0 Å². The van der Waals surface area contributed by atoms with Crippen LogP contribution in [0.5, 0.6) is 5.75 Å². The Hall–Kier alpha value is -4.79. The summed E-state index contributed by atoms with van der Waals surface area (Å²) in [6.45, 7) is 12.0. The molecule has 2 aromatic carbocycles. The second kappa shape index (κ2) is 21.2. The maximum Gasteiger partial charge on any atom is 0.408 e. The Morgan fingerprint density at radius 2 is 1.26 bits per heavy atom. The van der Waals surface area contributed by atoms with Gasteiger partial charge in [-0.3, -0.25) is 28.2 Å². The van der Waals surface area contributed by atoms with E-state index in [1.807, 2.05) is 6.07 Å². The van der Waals surface area contributed by atoms with Crippen LogP contribution < -0.4 is 20.7 Å². The molecule has 1 unspecified atom stereocenters. The molecular formula is C39H56N4O10S. The zero-order valence-corrected chi connectivity index (χ0v) is 33.6. The van der Waals surface area contributed by atoms with Crippen LogP contribution in [-0.2, 0) is 57.1 Å². The average Bonchev–Trinajstić information content (AvgIpc) is 3.07. The van der Waals surface area contributed by atoms with Gasteiger partial charge >= 0.3 is 18.0 Å². The molecule has 15 heteroatoms. The quantitative estimate of drug-likeness (QED) is 0.149. The fraction of sp³-hybridized carbons (Fsp3) is 0.538. The highest BCUT2D eigenvalue weighted by atomic mass is 32.2. The van der Waals surface area contributed by atoms with Gasteiger partial charge in [-0.25, -0.2) is 4.79 Å². The third kappa shape index (κ3) is 17.8. The minimum Gasteiger partial charge on any atom is -0.460 e. The summed E-state index contributed by atoms with van der Waals surface area (Å²) in [4.78, 5) is 79.9. The average molecular weight is 773 g/mol. The number of ether oxygens (including phenoxy) is 3. The Morgan fingerprint density at radius 1 is 0.722 bits per heavy atom. The molecule has 0 saturated heterocycles. The normalized spacial score (nSPS) is 13.6. The van der Waals surface area contributed by atoms with Gasteiger partial charge in [0.15, 0.2) is 0 Å². The molecule has 0 radical (unpaired) electrons. The summed E-state index contributed by atoms with van der Waals surface area (Å²) in [5, 5.41) is 8.05. The first kappa shape index (κ1) is 45.4. The van der Waals surface area contributed by atoms with Crippen molar-refractivity contribution in [2.45, 2.75) is 110 Å². The van der Waals surface area contributed by atoms with E-state index < -0.39 is 75.9 Å². The molecule has 298 valence electrons. The number of carbonyl (C=O) groups excluding carboxylic acids is 6. The van der Waals surface area contributed by atoms with Gasteiger partial charge in [0.1, 0.15) is 35.1 Å². The predicted molar refractivity (Wildman–Crippen MR) is 205 cm³/mol. The molecule has 4 atom stereocenters. The van der Waals surface area contributed by atoms with Crippen LogP contribution >= 0.6 is 0 Å². The van der Waals surface area contributed by atoms with Crippen molar-refractivity contribution in [3.63, 3.8) is 0 Å². The van der Waals surface area contributed by atoms with Crippen molar-refractivity contribution in [3.8, 4) is 5.75 Å². The van der Waals surface area contributed by atoms with Gasteiger partial charge in [-0.1, -0.05) is 49.4 Å². The SMILES string of the molecule is CCC(=O)Oc1ccc(C[C@H](NC(=O)OC(C)(C)C)C(=O)N[C@H](CCS(C)=O)C(=O)N[C@@H](Cc2ccccc2)C(=O)N(C)CCC(=O)OC(C)(C)C)cc1. The predicted octanol–water partition coefficient (Wildman–Crippen LogP) is 3.61. The van der Waals surface area contributed by atoms with E-state index in [4.69, 9.17) is 14.2 Å². The lowest BCUT2D eigenvalue weighted by Crippen LogP contribution is -2.58. The molecule has 54 heavy (non-hydrogen) atoms. The molecule has 0 heterocycles. The van der Waals surface area contributed by atoms with Gasteiger partial charge in [0.05, 0.1) is 6.42 Å². The molecule has 0 fully saturated rings. The number of rotatable bonds is 18. The topological polar surface area (TPSA) is 187 Å². The summed E-state index contributed by atoms with van der Waals surface area (Å²) in [6, 6.07) is 11.9. The Balaban J connectivity index is 2.36. The second-order valence-corrected chi connectivity index (χ2v) is 16.4. The number of nitrogens with one attached hydrogen (secondary N) is 3. The Morgan fingerprint density at radius 3 is 1.81 bits per heavy atom. The standard InChI is InChI=1S/C39H56N4O10S/c1-10-32(44)51-28-18-16-27(17-19-28)24-30(42-37(49)53-39(5,6)7)35(47)40-29(21-23-54(9)50)34(46)41-31(25-26-14-12-11-13-15-26)36(48)43(8)22-20-33(45)52-38(2,3)4/h11-19,29-31H,10,20-25H2,1-9H3,(H,40,47)(H,41,46)(H,42,49)/t29-,30+,31+,54?/m1/s1. The first-order valence-electron chi connectivity index (χ1n) is 17.9. The Labute approximate surface area is 320 Å². The second-order valence-electron chi connectivity index (χ2n) is 14.8. The molecule has 0 aliphatic heterocycles. The minimum absolute atomic E-state index is 0.0291. The molecule has 0 spiro atoms. The van der Waals surface area contributed by atoms with Crippen molar-refractivity contribution in [2.24, 2.45) is 0 Å². The summed E-state index contributed by atoms with van der Waals surface area (Å²) in [6.07, 6.45) is 0.758. The number of amides is 4. The largest absolute Gasteiger partial charge is 0.460 e. The number of benzene rings is 2. The zero-order chi connectivity index (χ0) is 40.6. The van der Waals surface area contributed by atoms with Crippen LogP contribution in [0.3, 0.4) is 0 Å². The Kier molecular flexibility index (Phi) is 17.8. The van der Waals surface area contributed by atoms with Gasteiger partial charge in [0.2, 0.25) is 17.7 Å². The number of esters is 2. The molecular weight excluding hydrogens is 717 g/mol. The fourth-order valence-electron chi connectivity index (χ4n) is 4.97. The summed E-state index contributed by atoms with van der Waals surface area (Å²) in [5.41, 5.74) is -0.212. The van der Waals surface area contributed by atoms with Crippen molar-refractivity contribution in [1.82, 2.24) is 20.9 Å². The highest BCUT2D eigenvalue weighted by molar-refractivity contribution is 7.84. The third-order valence-electron chi connectivity index (χ3n) is 7.56. The van der Waals surface area contributed by atoms with Crippen molar-refractivity contribution >= 4 is 46.6 Å². The van der Waals surface area contributed by atoms with E-state index in [-0.39, 0.29) is 44.4 Å². The zero-order valence-electron chi connectivity index (χ0n) is 32.8. The van der Waals surface area contributed by atoms with Crippen molar-refractivity contribution in [1.29, 1.82) is 0 Å². The van der Waals surface area contributed by atoms with Crippen molar-refractivity contribution in [3.05, 3.63) is 65.7 Å². The van der Waals surface area contributed by atoms with Gasteiger partial charge in [0, 0.05) is 55.7 Å². The maximum atomic E-state index is 14.0.